The van der Waals surface area contributed by atoms with E-state index >= 15 is 0 Å². The van der Waals surface area contributed by atoms with Crippen LogP contribution in [-0.2, 0) is 14.8 Å². The van der Waals surface area contributed by atoms with E-state index in [1.807, 2.05) is 0 Å². The van der Waals surface area contributed by atoms with E-state index in [-0.39, 0.29) is 18.1 Å². The number of carbonyl (C=O) groups excluding carboxylic acids is 1. The maximum atomic E-state index is 12.8. The van der Waals surface area contributed by atoms with E-state index in [4.69, 9.17) is 9.47 Å². The summed E-state index contributed by atoms with van der Waals surface area (Å²) in [6, 6.07) is 4.06. The number of hydrogen-bond donors (Lipinski definition) is 2. The Morgan fingerprint density at radius 3 is 2.76 bits per heavy atom. The fraction of sp³-hybridized carbons (Fsp3) is 0.533. The number of fused-ring (bicyclic) bond motifs is 3. The zero-order chi connectivity index (χ0) is 17.6. The SMILES string of the molecule is O=C1O[C@@H](CO)[C@@H]2COc3cc(S(=O)(=O)N4CCNCC4)ccc3N12. The first-order valence-electron chi connectivity index (χ1n) is 8.11. The Morgan fingerprint density at radius 1 is 1.28 bits per heavy atom. The van der Waals surface area contributed by atoms with Crippen LogP contribution in [0.5, 0.6) is 5.75 Å². The molecule has 10 heteroatoms. The predicted molar refractivity (Wildman–Crippen MR) is 87.2 cm³/mol. The quantitative estimate of drug-likeness (QED) is 0.729. The van der Waals surface area contributed by atoms with Crippen LogP contribution in [-0.4, -0.2) is 75.5 Å². The van der Waals surface area contributed by atoms with Gasteiger partial charge in [0, 0.05) is 32.2 Å². The third-order valence-electron chi connectivity index (χ3n) is 4.70. The summed E-state index contributed by atoms with van der Waals surface area (Å²) in [6.45, 7) is 1.91. The highest BCUT2D eigenvalue weighted by atomic mass is 32.2. The molecule has 0 spiro atoms. The Balaban J connectivity index is 1.67. The first-order valence-corrected chi connectivity index (χ1v) is 9.55. The van der Waals surface area contributed by atoms with E-state index in [0.29, 0.717) is 37.6 Å². The highest BCUT2D eigenvalue weighted by Gasteiger charge is 2.46. The lowest BCUT2D eigenvalue weighted by atomic mass is 10.1. The fourth-order valence-electron chi connectivity index (χ4n) is 3.36. The van der Waals surface area contributed by atoms with Gasteiger partial charge in [-0.25, -0.2) is 13.2 Å². The number of nitrogens with one attached hydrogen (secondary N) is 1. The van der Waals surface area contributed by atoms with Crippen molar-refractivity contribution < 1.29 is 27.8 Å². The minimum absolute atomic E-state index is 0.137. The molecule has 0 saturated carbocycles. The van der Waals surface area contributed by atoms with E-state index in [1.165, 1.54) is 21.3 Å². The minimum atomic E-state index is -3.61. The monoisotopic (exact) mass is 369 g/mol. The molecule has 0 aliphatic carbocycles. The fourth-order valence-corrected chi connectivity index (χ4v) is 4.82. The highest BCUT2D eigenvalue weighted by molar-refractivity contribution is 7.89. The van der Waals surface area contributed by atoms with Crippen molar-refractivity contribution >= 4 is 21.8 Å². The van der Waals surface area contributed by atoms with Crippen molar-refractivity contribution in [2.24, 2.45) is 0 Å². The van der Waals surface area contributed by atoms with Gasteiger partial charge in [-0.05, 0) is 12.1 Å². The van der Waals surface area contributed by atoms with Crippen molar-refractivity contribution in [3.63, 3.8) is 0 Å². The molecule has 9 nitrogen and oxygen atoms in total. The van der Waals surface area contributed by atoms with Crippen molar-refractivity contribution in [2.75, 3.05) is 44.3 Å². The van der Waals surface area contributed by atoms with Crippen molar-refractivity contribution in [1.29, 1.82) is 0 Å². The van der Waals surface area contributed by atoms with Gasteiger partial charge in [-0.1, -0.05) is 0 Å². The lowest BCUT2D eigenvalue weighted by Gasteiger charge is -2.31. The molecule has 3 aliphatic heterocycles. The van der Waals surface area contributed by atoms with E-state index < -0.39 is 28.3 Å². The number of nitrogens with zero attached hydrogens (tertiary/aromatic N) is 2. The number of rotatable bonds is 3. The number of benzene rings is 1. The van der Waals surface area contributed by atoms with Gasteiger partial charge in [-0.3, -0.25) is 4.90 Å². The summed E-state index contributed by atoms with van der Waals surface area (Å²) in [5.41, 5.74) is 0.455. The number of anilines is 1. The average Bonchev–Trinajstić information content (AvgIpc) is 2.98. The molecule has 1 aromatic carbocycles. The Hall–Kier alpha value is -1.88. The van der Waals surface area contributed by atoms with Crippen LogP contribution in [0, 0.1) is 0 Å². The summed E-state index contributed by atoms with van der Waals surface area (Å²) in [6.07, 6.45) is -1.21. The summed E-state index contributed by atoms with van der Waals surface area (Å²) in [7, 11) is -3.61. The molecule has 1 amide bonds. The molecule has 0 unspecified atom stereocenters. The standard InChI is InChI=1S/C15H19N3O6S/c19-8-14-12-9-23-13-7-10(1-2-11(13)18(12)15(20)24-14)25(21,22)17-5-3-16-4-6-17/h1-2,7,12,14,16,19H,3-6,8-9H2/t12-,14-/m0/s1. The second kappa shape index (κ2) is 6.13. The topological polar surface area (TPSA) is 108 Å². The summed E-state index contributed by atoms with van der Waals surface area (Å²) >= 11 is 0. The van der Waals surface area contributed by atoms with Crippen molar-refractivity contribution in [3.8, 4) is 5.75 Å². The predicted octanol–water partition coefficient (Wildman–Crippen LogP) is -0.641. The number of cyclic esters (lactones) is 1. The number of ether oxygens (including phenoxy) is 2. The average molecular weight is 369 g/mol. The van der Waals surface area contributed by atoms with Gasteiger partial charge in [0.15, 0.2) is 6.10 Å². The number of aliphatic hydroxyl groups excluding tert-OH is 1. The summed E-state index contributed by atoms with van der Waals surface area (Å²) in [5.74, 6) is 0.322. The molecule has 3 aliphatic rings. The number of hydrogen-bond acceptors (Lipinski definition) is 7. The van der Waals surface area contributed by atoms with E-state index in [2.05, 4.69) is 5.32 Å². The maximum Gasteiger partial charge on any atom is 0.415 e. The van der Waals surface area contributed by atoms with Crippen molar-refractivity contribution in [1.82, 2.24) is 9.62 Å². The molecule has 2 fully saturated rings. The Morgan fingerprint density at radius 2 is 2.04 bits per heavy atom. The van der Waals surface area contributed by atoms with E-state index in [1.54, 1.807) is 6.07 Å². The Bertz CT molecular complexity index is 792. The molecule has 0 aromatic heterocycles. The van der Waals surface area contributed by atoms with Crippen LogP contribution in [0.25, 0.3) is 0 Å². The zero-order valence-corrected chi connectivity index (χ0v) is 14.2. The third-order valence-corrected chi connectivity index (χ3v) is 6.60. The zero-order valence-electron chi connectivity index (χ0n) is 13.4. The molecule has 2 saturated heterocycles. The van der Waals surface area contributed by atoms with E-state index in [0.717, 1.165) is 0 Å². The van der Waals surface area contributed by atoms with E-state index in [9.17, 15) is 18.3 Å². The second-order valence-corrected chi connectivity index (χ2v) is 8.07. The normalized spacial score (nSPS) is 26.6. The number of aliphatic hydroxyl groups is 1. The molecule has 2 atom stereocenters. The first-order chi connectivity index (χ1) is 12.0. The Labute approximate surface area is 145 Å². The largest absolute Gasteiger partial charge is 0.489 e. The molecule has 2 N–H and O–H groups in total. The van der Waals surface area contributed by atoms with Gasteiger partial charge in [-0.15, -0.1) is 0 Å². The Kier molecular flexibility index (Phi) is 4.07. The van der Waals surface area contributed by atoms with Gasteiger partial charge >= 0.3 is 6.09 Å². The van der Waals surface area contributed by atoms with Crippen LogP contribution in [0.3, 0.4) is 0 Å². The number of sulfonamides is 1. The smallest absolute Gasteiger partial charge is 0.415 e. The van der Waals surface area contributed by atoms with Crippen molar-refractivity contribution in [2.45, 2.75) is 17.0 Å². The lowest BCUT2D eigenvalue weighted by Crippen LogP contribution is -2.46. The lowest BCUT2D eigenvalue weighted by molar-refractivity contribution is 0.0733. The molecule has 25 heavy (non-hydrogen) atoms. The van der Waals surface area contributed by atoms with Crippen LogP contribution >= 0.6 is 0 Å². The molecule has 136 valence electrons. The van der Waals surface area contributed by atoms with Crippen LogP contribution in [0.4, 0.5) is 10.5 Å². The van der Waals surface area contributed by atoms with Crippen LogP contribution < -0.4 is 15.0 Å². The number of carbonyl (C=O) groups is 1. The first kappa shape index (κ1) is 16.6. The van der Waals surface area contributed by atoms with Gasteiger partial charge < -0.3 is 19.9 Å². The van der Waals surface area contributed by atoms with Crippen LogP contribution in [0.1, 0.15) is 0 Å². The van der Waals surface area contributed by atoms with Crippen molar-refractivity contribution in [3.05, 3.63) is 18.2 Å². The minimum Gasteiger partial charge on any atom is -0.489 e. The third kappa shape index (κ3) is 2.65. The molecule has 4 rings (SSSR count). The molecule has 0 radical (unpaired) electrons. The molecular weight excluding hydrogens is 350 g/mol. The second-order valence-electron chi connectivity index (χ2n) is 6.14. The summed E-state index contributed by atoms with van der Waals surface area (Å²) < 4.78 is 37.8. The summed E-state index contributed by atoms with van der Waals surface area (Å²) in [5, 5.41) is 12.4. The highest BCUT2D eigenvalue weighted by Crippen LogP contribution is 2.40. The molecule has 0 bridgehead atoms. The van der Waals surface area contributed by atoms with Gasteiger partial charge in [0.1, 0.15) is 18.4 Å². The van der Waals surface area contributed by atoms with Gasteiger partial charge in [0.05, 0.1) is 17.2 Å². The molecule has 1 aromatic rings. The molecular formula is C15H19N3O6S. The van der Waals surface area contributed by atoms with Crippen LogP contribution in [0.15, 0.2) is 23.1 Å². The molecule has 3 heterocycles. The number of piperazine rings is 1. The maximum absolute atomic E-state index is 12.8. The van der Waals surface area contributed by atoms with Gasteiger partial charge in [-0.2, -0.15) is 4.31 Å². The van der Waals surface area contributed by atoms with Crippen LogP contribution in [0.2, 0.25) is 0 Å². The number of amides is 1. The summed E-state index contributed by atoms with van der Waals surface area (Å²) in [4.78, 5) is 13.6. The van der Waals surface area contributed by atoms with Gasteiger partial charge in [0.2, 0.25) is 10.0 Å². The van der Waals surface area contributed by atoms with Gasteiger partial charge in [0.25, 0.3) is 0 Å².